The molecule has 28 heavy (non-hydrogen) atoms. The van der Waals surface area contributed by atoms with Gasteiger partial charge in [0.1, 0.15) is 0 Å². The maximum atomic E-state index is 14.0. The van der Waals surface area contributed by atoms with Crippen LogP contribution in [0.5, 0.6) is 5.75 Å². The summed E-state index contributed by atoms with van der Waals surface area (Å²) in [5.41, 5.74) is 1.72. The highest BCUT2D eigenvalue weighted by molar-refractivity contribution is 5.44. The number of ether oxygens (including phenoxy) is 1. The molecule has 0 spiro atoms. The van der Waals surface area contributed by atoms with E-state index >= 15 is 0 Å². The Bertz CT molecular complexity index is 993. The molecule has 5 rings (SSSR count). The van der Waals surface area contributed by atoms with Crippen molar-refractivity contribution in [2.24, 2.45) is 5.92 Å². The number of hydrogen-bond acceptors (Lipinski definition) is 5. The van der Waals surface area contributed by atoms with Gasteiger partial charge in [-0.3, -0.25) is 0 Å². The van der Waals surface area contributed by atoms with E-state index in [0.29, 0.717) is 24.2 Å². The third kappa shape index (κ3) is 3.44. The van der Waals surface area contributed by atoms with Crippen molar-refractivity contribution < 1.29 is 13.5 Å². The molecule has 2 aliphatic rings. The maximum Gasteiger partial charge on any atom is 0.200 e. The van der Waals surface area contributed by atoms with Crippen molar-refractivity contribution in [3.63, 3.8) is 0 Å². The highest BCUT2D eigenvalue weighted by Crippen LogP contribution is 2.55. The molecule has 2 atom stereocenters. The van der Waals surface area contributed by atoms with Gasteiger partial charge < -0.3 is 4.74 Å². The summed E-state index contributed by atoms with van der Waals surface area (Å²) in [6.07, 6.45) is 9.83. The summed E-state index contributed by atoms with van der Waals surface area (Å²) in [6.45, 7) is 0.449. The fourth-order valence-corrected chi connectivity index (χ4v) is 3.39. The Morgan fingerprint density at radius 3 is 2.29 bits per heavy atom. The number of nitrogens with zero attached hydrogens (tertiary/aromatic N) is 4. The van der Waals surface area contributed by atoms with Crippen molar-refractivity contribution in [2.45, 2.75) is 31.1 Å². The SMILES string of the molecule is Fc1cc([C@@H]2C[C@H]2c2cnc(-c3ncccn3)nc2)cc(OCC2CC2)c1F. The highest BCUT2D eigenvalue weighted by Gasteiger charge is 2.41. The van der Waals surface area contributed by atoms with Gasteiger partial charge in [0.15, 0.2) is 23.2 Å². The lowest BCUT2D eigenvalue weighted by Gasteiger charge is -2.10. The van der Waals surface area contributed by atoms with Crippen LogP contribution in [0, 0.1) is 17.6 Å². The highest BCUT2D eigenvalue weighted by atomic mass is 19.2. The van der Waals surface area contributed by atoms with Crippen LogP contribution >= 0.6 is 0 Å². The Balaban J connectivity index is 1.32. The van der Waals surface area contributed by atoms with E-state index in [9.17, 15) is 8.78 Å². The van der Waals surface area contributed by atoms with Crippen molar-refractivity contribution in [1.82, 2.24) is 19.9 Å². The smallest absolute Gasteiger partial charge is 0.200 e. The number of aromatic nitrogens is 4. The van der Waals surface area contributed by atoms with Crippen LogP contribution in [0.15, 0.2) is 43.0 Å². The molecule has 2 fully saturated rings. The molecule has 7 heteroatoms. The summed E-state index contributed by atoms with van der Waals surface area (Å²) < 4.78 is 33.6. The van der Waals surface area contributed by atoms with Gasteiger partial charge in [-0.1, -0.05) is 0 Å². The van der Waals surface area contributed by atoms with Crippen LogP contribution < -0.4 is 4.74 Å². The van der Waals surface area contributed by atoms with E-state index in [0.717, 1.165) is 30.4 Å². The van der Waals surface area contributed by atoms with Crippen LogP contribution in [0.2, 0.25) is 0 Å². The normalized spacial score (nSPS) is 20.8. The van der Waals surface area contributed by atoms with E-state index in [4.69, 9.17) is 4.74 Å². The molecule has 1 aromatic carbocycles. The van der Waals surface area contributed by atoms with Gasteiger partial charge in [0, 0.05) is 24.8 Å². The van der Waals surface area contributed by atoms with Gasteiger partial charge in [-0.2, -0.15) is 4.39 Å². The van der Waals surface area contributed by atoms with Crippen LogP contribution in [0.1, 0.15) is 42.2 Å². The van der Waals surface area contributed by atoms with E-state index in [1.807, 2.05) is 0 Å². The molecule has 3 aromatic rings. The largest absolute Gasteiger partial charge is 0.490 e. The quantitative estimate of drug-likeness (QED) is 0.639. The molecule has 0 saturated heterocycles. The zero-order valence-corrected chi connectivity index (χ0v) is 15.1. The molecule has 0 aliphatic heterocycles. The summed E-state index contributed by atoms with van der Waals surface area (Å²) in [4.78, 5) is 17.0. The summed E-state index contributed by atoms with van der Waals surface area (Å²) in [6, 6.07) is 4.65. The van der Waals surface area contributed by atoms with E-state index in [1.165, 1.54) is 6.07 Å². The van der Waals surface area contributed by atoms with E-state index in [-0.39, 0.29) is 17.6 Å². The molecule has 2 heterocycles. The van der Waals surface area contributed by atoms with Crippen molar-refractivity contribution >= 4 is 0 Å². The Kier molecular flexibility index (Phi) is 4.22. The van der Waals surface area contributed by atoms with Crippen LogP contribution in [0.4, 0.5) is 8.78 Å². The van der Waals surface area contributed by atoms with Crippen molar-refractivity contribution in [3.8, 4) is 17.4 Å². The Morgan fingerprint density at radius 1 is 0.893 bits per heavy atom. The first-order valence-corrected chi connectivity index (χ1v) is 9.40. The van der Waals surface area contributed by atoms with Crippen molar-refractivity contribution in [1.29, 1.82) is 0 Å². The van der Waals surface area contributed by atoms with Gasteiger partial charge in [-0.15, -0.1) is 0 Å². The Hall–Kier alpha value is -2.96. The summed E-state index contributed by atoms with van der Waals surface area (Å²) in [7, 11) is 0. The topological polar surface area (TPSA) is 60.8 Å². The predicted molar refractivity (Wildman–Crippen MR) is 97.7 cm³/mol. The van der Waals surface area contributed by atoms with Crippen LogP contribution in [0.3, 0.4) is 0 Å². The number of benzene rings is 1. The maximum absolute atomic E-state index is 14.0. The van der Waals surface area contributed by atoms with Gasteiger partial charge in [-0.25, -0.2) is 24.3 Å². The zero-order chi connectivity index (χ0) is 19.1. The van der Waals surface area contributed by atoms with Gasteiger partial charge in [0.25, 0.3) is 0 Å². The summed E-state index contributed by atoms with van der Waals surface area (Å²) in [5.74, 6) is -0.0411. The molecular formula is C21H18F2N4O. The van der Waals surface area contributed by atoms with E-state index in [2.05, 4.69) is 19.9 Å². The Morgan fingerprint density at radius 2 is 1.57 bits per heavy atom. The summed E-state index contributed by atoms with van der Waals surface area (Å²) in [5, 5.41) is 0. The first-order valence-electron chi connectivity index (χ1n) is 9.40. The Labute approximate surface area is 160 Å². The first-order chi connectivity index (χ1) is 13.7. The van der Waals surface area contributed by atoms with Gasteiger partial charge in [0.2, 0.25) is 5.82 Å². The minimum absolute atomic E-state index is 0.0142. The average molecular weight is 380 g/mol. The molecule has 0 N–H and O–H groups in total. The van der Waals surface area contributed by atoms with Gasteiger partial charge in [0.05, 0.1) is 6.61 Å². The fourth-order valence-electron chi connectivity index (χ4n) is 3.39. The minimum atomic E-state index is -0.905. The molecule has 142 valence electrons. The lowest BCUT2D eigenvalue weighted by molar-refractivity contribution is 0.280. The molecule has 2 aromatic heterocycles. The van der Waals surface area contributed by atoms with Crippen molar-refractivity contribution in [2.75, 3.05) is 6.61 Å². The van der Waals surface area contributed by atoms with Crippen LogP contribution in [0.25, 0.3) is 11.6 Å². The van der Waals surface area contributed by atoms with E-state index in [1.54, 1.807) is 36.9 Å². The standard InChI is InChI=1S/C21H18F2N4O/c22-17-6-13(7-18(19(17)23)28-11-12-2-3-12)15-8-16(15)14-9-26-21(27-10-14)20-24-4-1-5-25-20/h1,4-7,9-10,12,15-16H,2-3,8,11H2/t15-,16-/m0/s1. The third-order valence-corrected chi connectivity index (χ3v) is 5.27. The number of rotatable bonds is 6. The van der Waals surface area contributed by atoms with Crippen LogP contribution in [-0.4, -0.2) is 26.5 Å². The second-order valence-corrected chi connectivity index (χ2v) is 7.43. The fraction of sp³-hybridized carbons (Fsp3) is 0.333. The predicted octanol–water partition coefficient (Wildman–Crippen LogP) is 4.27. The van der Waals surface area contributed by atoms with Crippen LogP contribution in [-0.2, 0) is 0 Å². The summed E-state index contributed by atoms with van der Waals surface area (Å²) >= 11 is 0. The lowest BCUT2D eigenvalue weighted by atomic mass is 10.1. The molecule has 5 nitrogen and oxygen atoms in total. The average Bonchev–Trinajstić information content (AvgIpc) is 3.64. The molecule has 0 bridgehead atoms. The second-order valence-electron chi connectivity index (χ2n) is 7.43. The monoisotopic (exact) mass is 380 g/mol. The minimum Gasteiger partial charge on any atom is -0.490 e. The third-order valence-electron chi connectivity index (χ3n) is 5.27. The first kappa shape index (κ1) is 17.2. The molecule has 0 unspecified atom stereocenters. The lowest BCUT2D eigenvalue weighted by Crippen LogP contribution is -2.03. The molecule has 2 saturated carbocycles. The molecular weight excluding hydrogens is 362 g/mol. The molecule has 0 amide bonds. The molecule has 2 aliphatic carbocycles. The van der Waals surface area contributed by atoms with E-state index < -0.39 is 11.6 Å². The number of halogens is 2. The van der Waals surface area contributed by atoms with Gasteiger partial charge in [-0.05, 0) is 66.3 Å². The van der Waals surface area contributed by atoms with Crippen molar-refractivity contribution in [3.05, 3.63) is 65.7 Å². The molecule has 0 radical (unpaired) electrons. The second kappa shape index (κ2) is 6.89. The van der Waals surface area contributed by atoms with Gasteiger partial charge >= 0.3 is 0 Å². The zero-order valence-electron chi connectivity index (χ0n) is 15.1. The number of hydrogen-bond donors (Lipinski definition) is 0.